The molecule has 0 saturated carbocycles. The van der Waals surface area contributed by atoms with Gasteiger partial charge in [0.2, 0.25) is 0 Å². The molecule has 0 heterocycles. The van der Waals surface area contributed by atoms with Crippen LogP contribution in [0.3, 0.4) is 0 Å². The lowest BCUT2D eigenvalue weighted by Gasteiger charge is -2.11. The first-order chi connectivity index (χ1) is 10.2. The lowest BCUT2D eigenvalue weighted by atomic mass is 10.2. The number of thioether (sulfide) groups is 1. The van der Waals surface area contributed by atoms with Crippen molar-refractivity contribution in [2.75, 3.05) is 18.7 Å². The molecule has 0 radical (unpaired) electrons. The van der Waals surface area contributed by atoms with Crippen LogP contribution in [0.25, 0.3) is 0 Å². The normalized spacial score (nSPS) is 10.0. The Hall–Kier alpha value is -2.14. The lowest BCUT2D eigenvalue weighted by molar-refractivity contribution is 0.251. The molecule has 0 bridgehead atoms. The van der Waals surface area contributed by atoms with Crippen molar-refractivity contribution < 1.29 is 9.53 Å². The number of benzene rings is 2. The summed E-state index contributed by atoms with van der Waals surface area (Å²) in [5.74, 6) is 0.780. The Kier molecular flexibility index (Phi) is 5.51. The second kappa shape index (κ2) is 7.59. The van der Waals surface area contributed by atoms with Crippen molar-refractivity contribution in [1.29, 1.82) is 0 Å². The van der Waals surface area contributed by atoms with Crippen LogP contribution >= 0.6 is 11.8 Å². The van der Waals surface area contributed by atoms with E-state index in [4.69, 9.17) is 4.74 Å². The summed E-state index contributed by atoms with van der Waals surface area (Å²) in [6.45, 7) is 0.449. The van der Waals surface area contributed by atoms with E-state index in [1.807, 2.05) is 54.8 Å². The predicted molar refractivity (Wildman–Crippen MR) is 87.1 cm³/mol. The molecule has 0 aliphatic heterocycles. The van der Waals surface area contributed by atoms with Gasteiger partial charge in [0.05, 0.1) is 12.8 Å². The maximum Gasteiger partial charge on any atom is 0.319 e. The van der Waals surface area contributed by atoms with E-state index in [1.54, 1.807) is 18.9 Å². The summed E-state index contributed by atoms with van der Waals surface area (Å²) in [4.78, 5) is 13.0. The molecule has 0 spiro atoms. The number of hydrogen-bond acceptors (Lipinski definition) is 3. The minimum atomic E-state index is -0.223. The second-order valence-electron chi connectivity index (χ2n) is 4.36. The number of amides is 2. The Bertz CT molecular complexity index is 617. The molecule has 110 valence electrons. The number of anilines is 1. The third kappa shape index (κ3) is 4.43. The van der Waals surface area contributed by atoms with Gasteiger partial charge < -0.3 is 15.4 Å². The molecule has 2 amide bonds. The Morgan fingerprint density at radius 3 is 2.76 bits per heavy atom. The van der Waals surface area contributed by atoms with Crippen molar-refractivity contribution in [1.82, 2.24) is 5.32 Å². The second-order valence-corrected chi connectivity index (χ2v) is 5.21. The number of urea groups is 1. The van der Waals surface area contributed by atoms with E-state index in [0.29, 0.717) is 6.54 Å². The molecular formula is C16H18N2O2S. The lowest BCUT2D eigenvalue weighted by Crippen LogP contribution is -2.28. The molecule has 5 heteroatoms. The first-order valence-electron chi connectivity index (χ1n) is 6.53. The maximum absolute atomic E-state index is 11.9. The number of methoxy groups -OCH3 is 1. The van der Waals surface area contributed by atoms with E-state index in [2.05, 4.69) is 10.6 Å². The summed E-state index contributed by atoms with van der Waals surface area (Å²) in [6.07, 6.45) is 1.98. The van der Waals surface area contributed by atoms with Crippen LogP contribution in [-0.2, 0) is 6.54 Å². The smallest absolute Gasteiger partial charge is 0.319 e. The van der Waals surface area contributed by atoms with Crippen molar-refractivity contribution in [3.8, 4) is 5.75 Å². The molecule has 0 aliphatic rings. The molecule has 2 rings (SSSR count). The Morgan fingerprint density at radius 1 is 1.19 bits per heavy atom. The number of carbonyl (C=O) groups is 1. The first-order valence-corrected chi connectivity index (χ1v) is 7.76. The van der Waals surface area contributed by atoms with Crippen LogP contribution in [0.5, 0.6) is 5.75 Å². The number of hydrogen-bond donors (Lipinski definition) is 2. The zero-order chi connectivity index (χ0) is 15.1. The average molecular weight is 302 g/mol. The van der Waals surface area contributed by atoms with Gasteiger partial charge in [-0.25, -0.2) is 4.79 Å². The van der Waals surface area contributed by atoms with E-state index in [-0.39, 0.29) is 6.03 Å². The van der Waals surface area contributed by atoms with Crippen molar-refractivity contribution in [3.05, 3.63) is 54.1 Å². The van der Waals surface area contributed by atoms with Crippen molar-refractivity contribution in [2.45, 2.75) is 11.4 Å². The van der Waals surface area contributed by atoms with Crippen molar-refractivity contribution >= 4 is 23.5 Å². The van der Waals surface area contributed by atoms with E-state index < -0.39 is 0 Å². The number of carbonyl (C=O) groups excluding carboxylic acids is 1. The largest absolute Gasteiger partial charge is 0.497 e. The van der Waals surface area contributed by atoms with Crippen LogP contribution in [0.15, 0.2) is 53.4 Å². The average Bonchev–Trinajstić information content (AvgIpc) is 2.53. The Balaban J connectivity index is 1.92. The molecule has 0 aliphatic carbocycles. The summed E-state index contributed by atoms with van der Waals surface area (Å²) in [6, 6.07) is 15.1. The molecule has 0 aromatic heterocycles. The highest BCUT2D eigenvalue weighted by atomic mass is 32.2. The quantitative estimate of drug-likeness (QED) is 0.827. The number of para-hydroxylation sites is 1. The van der Waals surface area contributed by atoms with E-state index in [1.165, 1.54) is 0 Å². The number of nitrogens with one attached hydrogen (secondary N) is 2. The molecular weight excluding hydrogens is 284 g/mol. The third-order valence-corrected chi connectivity index (χ3v) is 3.74. The standard InChI is InChI=1S/C16H18N2O2S/c1-20-13-7-5-6-12(10-13)11-17-16(19)18-14-8-3-4-9-15(14)21-2/h3-10H,11H2,1-2H3,(H2,17,18,19). The highest BCUT2D eigenvalue weighted by Gasteiger charge is 2.05. The van der Waals surface area contributed by atoms with Gasteiger partial charge in [0, 0.05) is 11.4 Å². The van der Waals surface area contributed by atoms with Crippen LogP contribution in [0.2, 0.25) is 0 Å². The molecule has 0 fully saturated rings. The highest BCUT2D eigenvalue weighted by Crippen LogP contribution is 2.24. The zero-order valence-electron chi connectivity index (χ0n) is 12.1. The van der Waals surface area contributed by atoms with Crippen LogP contribution < -0.4 is 15.4 Å². The first kappa shape index (κ1) is 15.3. The summed E-state index contributed by atoms with van der Waals surface area (Å²) in [5, 5.41) is 5.69. The van der Waals surface area contributed by atoms with E-state index in [9.17, 15) is 4.79 Å². The van der Waals surface area contributed by atoms with Crippen molar-refractivity contribution in [2.24, 2.45) is 0 Å². The fourth-order valence-corrected chi connectivity index (χ4v) is 2.43. The van der Waals surface area contributed by atoms with Gasteiger partial charge >= 0.3 is 6.03 Å². The fourth-order valence-electron chi connectivity index (χ4n) is 1.88. The minimum absolute atomic E-state index is 0.223. The third-order valence-electron chi connectivity index (χ3n) is 2.94. The van der Waals surface area contributed by atoms with Gasteiger partial charge in [0.1, 0.15) is 5.75 Å². The fraction of sp³-hybridized carbons (Fsp3) is 0.188. The summed E-state index contributed by atoms with van der Waals surface area (Å²) in [5.41, 5.74) is 1.80. The SMILES string of the molecule is COc1cccc(CNC(=O)Nc2ccccc2SC)c1. The summed E-state index contributed by atoms with van der Waals surface area (Å²) < 4.78 is 5.16. The van der Waals surface area contributed by atoms with Crippen LogP contribution in [0.1, 0.15) is 5.56 Å². The molecule has 0 saturated heterocycles. The topological polar surface area (TPSA) is 50.4 Å². The monoisotopic (exact) mass is 302 g/mol. The Labute approximate surface area is 128 Å². The molecule has 2 N–H and O–H groups in total. The van der Waals surface area contributed by atoms with Gasteiger partial charge in [0.15, 0.2) is 0 Å². The van der Waals surface area contributed by atoms with Gasteiger partial charge in [-0.15, -0.1) is 11.8 Å². The molecule has 4 nitrogen and oxygen atoms in total. The zero-order valence-corrected chi connectivity index (χ0v) is 12.9. The van der Waals surface area contributed by atoms with Gasteiger partial charge in [0.25, 0.3) is 0 Å². The molecule has 2 aromatic carbocycles. The maximum atomic E-state index is 11.9. The van der Waals surface area contributed by atoms with Crippen LogP contribution in [0, 0.1) is 0 Å². The molecule has 2 aromatic rings. The van der Waals surface area contributed by atoms with Gasteiger partial charge in [-0.05, 0) is 36.1 Å². The summed E-state index contributed by atoms with van der Waals surface area (Å²) in [7, 11) is 1.62. The number of rotatable bonds is 5. The van der Waals surface area contributed by atoms with Crippen LogP contribution in [-0.4, -0.2) is 19.4 Å². The van der Waals surface area contributed by atoms with Crippen LogP contribution in [0.4, 0.5) is 10.5 Å². The molecule has 0 unspecified atom stereocenters. The van der Waals surface area contributed by atoms with Gasteiger partial charge in [-0.2, -0.15) is 0 Å². The van der Waals surface area contributed by atoms with E-state index >= 15 is 0 Å². The predicted octanol–water partition coefficient (Wildman–Crippen LogP) is 3.74. The van der Waals surface area contributed by atoms with E-state index in [0.717, 1.165) is 21.9 Å². The number of ether oxygens (including phenoxy) is 1. The Morgan fingerprint density at radius 2 is 2.00 bits per heavy atom. The molecule has 21 heavy (non-hydrogen) atoms. The van der Waals surface area contributed by atoms with Gasteiger partial charge in [-0.1, -0.05) is 24.3 Å². The highest BCUT2D eigenvalue weighted by molar-refractivity contribution is 7.98. The van der Waals surface area contributed by atoms with Crippen molar-refractivity contribution in [3.63, 3.8) is 0 Å². The van der Waals surface area contributed by atoms with Gasteiger partial charge in [-0.3, -0.25) is 0 Å². The summed E-state index contributed by atoms with van der Waals surface area (Å²) >= 11 is 1.60. The molecule has 0 atom stereocenters. The minimum Gasteiger partial charge on any atom is -0.497 e.